The quantitative estimate of drug-likeness (QED) is 0.658. The molecule has 2 aromatic carbocycles. The molecule has 0 unspecified atom stereocenters. The van der Waals surface area contributed by atoms with E-state index in [0.717, 1.165) is 11.3 Å². The van der Waals surface area contributed by atoms with Crippen LogP contribution in [0.25, 0.3) is 0 Å². The molecule has 0 aliphatic heterocycles. The zero-order valence-corrected chi connectivity index (χ0v) is 12.5. The Morgan fingerprint density at radius 2 is 1.77 bits per heavy atom. The fourth-order valence-electron chi connectivity index (χ4n) is 1.75. The van der Waals surface area contributed by atoms with Gasteiger partial charge in [-0.15, -0.1) is 0 Å². The molecule has 2 N–H and O–H groups in total. The van der Waals surface area contributed by atoms with Crippen molar-refractivity contribution in [2.75, 3.05) is 0 Å². The van der Waals surface area contributed by atoms with Crippen LogP contribution < -0.4 is 10.2 Å². The molecule has 0 fully saturated rings. The van der Waals surface area contributed by atoms with Gasteiger partial charge in [0.25, 0.3) is 5.91 Å². The number of nitrogens with zero attached hydrogens (tertiary/aromatic N) is 1. The smallest absolute Gasteiger partial charge is 0.271 e. The van der Waals surface area contributed by atoms with E-state index in [4.69, 9.17) is 9.84 Å². The summed E-state index contributed by atoms with van der Waals surface area (Å²) in [4.78, 5) is 11.8. The van der Waals surface area contributed by atoms with Gasteiger partial charge >= 0.3 is 0 Å². The van der Waals surface area contributed by atoms with Crippen molar-refractivity contribution >= 4 is 12.1 Å². The Hall–Kier alpha value is -2.82. The van der Waals surface area contributed by atoms with Crippen LogP contribution in [-0.4, -0.2) is 23.3 Å². The van der Waals surface area contributed by atoms with Crippen LogP contribution in [-0.2, 0) is 0 Å². The van der Waals surface area contributed by atoms with Crippen LogP contribution in [0, 0.1) is 0 Å². The van der Waals surface area contributed by atoms with Gasteiger partial charge in [-0.3, -0.25) is 4.79 Å². The molecular formula is C17H18N2O3. The average Bonchev–Trinajstić information content (AvgIpc) is 2.49. The van der Waals surface area contributed by atoms with E-state index in [1.165, 1.54) is 24.3 Å². The number of hydrazone groups is 1. The van der Waals surface area contributed by atoms with Crippen molar-refractivity contribution in [2.45, 2.75) is 20.0 Å². The molecule has 0 heterocycles. The van der Waals surface area contributed by atoms with E-state index >= 15 is 0 Å². The first-order chi connectivity index (χ1) is 10.5. The van der Waals surface area contributed by atoms with Crippen LogP contribution >= 0.6 is 0 Å². The number of aromatic hydroxyl groups is 1. The lowest BCUT2D eigenvalue weighted by Gasteiger charge is -2.09. The Kier molecular flexibility index (Phi) is 5.14. The minimum absolute atomic E-state index is 0.115. The molecule has 1 amide bonds. The first-order valence-corrected chi connectivity index (χ1v) is 6.94. The van der Waals surface area contributed by atoms with Gasteiger partial charge in [0.15, 0.2) is 0 Å². The summed E-state index contributed by atoms with van der Waals surface area (Å²) < 4.78 is 5.54. The van der Waals surface area contributed by atoms with Gasteiger partial charge in [0.1, 0.15) is 11.5 Å². The average molecular weight is 298 g/mol. The van der Waals surface area contributed by atoms with Crippen molar-refractivity contribution in [1.29, 1.82) is 0 Å². The van der Waals surface area contributed by atoms with E-state index in [-0.39, 0.29) is 17.8 Å². The van der Waals surface area contributed by atoms with Gasteiger partial charge in [0.2, 0.25) is 0 Å². The molecular weight excluding hydrogens is 280 g/mol. The van der Waals surface area contributed by atoms with E-state index in [1.807, 2.05) is 38.1 Å². The maximum atomic E-state index is 11.8. The van der Waals surface area contributed by atoms with Crippen molar-refractivity contribution in [3.8, 4) is 11.5 Å². The SMILES string of the molecule is CC(C)Oc1ccc(/C=N/NC(=O)c2ccc(O)cc2)cc1. The fourth-order valence-corrected chi connectivity index (χ4v) is 1.75. The van der Waals surface area contributed by atoms with Crippen LogP contribution in [0.2, 0.25) is 0 Å². The minimum Gasteiger partial charge on any atom is -0.508 e. The van der Waals surface area contributed by atoms with Crippen LogP contribution in [0.1, 0.15) is 29.8 Å². The number of hydrogen-bond acceptors (Lipinski definition) is 4. The number of rotatable bonds is 5. The second-order valence-electron chi connectivity index (χ2n) is 4.98. The number of benzene rings is 2. The van der Waals surface area contributed by atoms with Gasteiger partial charge in [-0.1, -0.05) is 0 Å². The summed E-state index contributed by atoms with van der Waals surface area (Å²) in [5.74, 6) is 0.569. The molecule has 114 valence electrons. The normalized spacial score (nSPS) is 10.9. The zero-order valence-electron chi connectivity index (χ0n) is 12.5. The Balaban J connectivity index is 1.91. The molecule has 2 rings (SSSR count). The fraction of sp³-hybridized carbons (Fsp3) is 0.176. The molecule has 0 saturated heterocycles. The third kappa shape index (κ3) is 4.63. The van der Waals surface area contributed by atoms with Crippen molar-refractivity contribution in [3.63, 3.8) is 0 Å². The van der Waals surface area contributed by atoms with Crippen LogP contribution in [0.4, 0.5) is 0 Å². The molecule has 0 saturated carbocycles. The van der Waals surface area contributed by atoms with Gasteiger partial charge in [0.05, 0.1) is 12.3 Å². The number of phenolic OH excluding ortho intramolecular Hbond substituents is 1. The summed E-state index contributed by atoms with van der Waals surface area (Å²) >= 11 is 0. The third-order valence-electron chi connectivity index (χ3n) is 2.76. The Labute approximate surface area is 129 Å². The maximum Gasteiger partial charge on any atom is 0.271 e. The lowest BCUT2D eigenvalue weighted by molar-refractivity contribution is 0.0955. The molecule has 0 aliphatic carbocycles. The first kappa shape index (κ1) is 15.6. The monoisotopic (exact) mass is 298 g/mol. The summed E-state index contributed by atoms with van der Waals surface area (Å²) in [7, 11) is 0. The highest BCUT2D eigenvalue weighted by atomic mass is 16.5. The van der Waals surface area contributed by atoms with Gasteiger partial charge in [-0.25, -0.2) is 5.43 Å². The summed E-state index contributed by atoms with van der Waals surface area (Å²) in [5, 5.41) is 13.1. The molecule has 0 atom stereocenters. The van der Waals surface area contributed by atoms with Crippen LogP contribution in [0.3, 0.4) is 0 Å². The molecule has 2 aromatic rings. The highest BCUT2D eigenvalue weighted by Crippen LogP contribution is 2.13. The highest BCUT2D eigenvalue weighted by molar-refractivity contribution is 5.94. The molecule has 0 spiro atoms. The second kappa shape index (κ2) is 7.26. The molecule has 22 heavy (non-hydrogen) atoms. The standard InChI is InChI=1S/C17H18N2O3/c1-12(2)22-16-9-3-13(4-10-16)11-18-19-17(21)14-5-7-15(20)8-6-14/h3-12,20H,1-2H3,(H,19,21)/b18-11+. The number of carbonyl (C=O) groups is 1. The van der Waals surface area contributed by atoms with E-state index in [1.54, 1.807) is 6.21 Å². The Morgan fingerprint density at radius 1 is 1.14 bits per heavy atom. The van der Waals surface area contributed by atoms with E-state index in [2.05, 4.69) is 10.5 Å². The molecule has 0 radical (unpaired) electrons. The first-order valence-electron chi connectivity index (χ1n) is 6.94. The van der Waals surface area contributed by atoms with E-state index < -0.39 is 0 Å². The van der Waals surface area contributed by atoms with Crippen molar-refractivity contribution < 1.29 is 14.6 Å². The van der Waals surface area contributed by atoms with Crippen LogP contribution in [0.5, 0.6) is 11.5 Å². The Bertz CT molecular complexity index is 647. The van der Waals surface area contributed by atoms with Crippen molar-refractivity contribution in [2.24, 2.45) is 5.10 Å². The number of hydrogen-bond donors (Lipinski definition) is 2. The summed E-state index contributed by atoms with van der Waals surface area (Å²) in [6, 6.07) is 13.4. The van der Waals surface area contributed by atoms with Crippen molar-refractivity contribution in [3.05, 3.63) is 59.7 Å². The number of nitrogens with one attached hydrogen (secondary N) is 1. The number of amides is 1. The summed E-state index contributed by atoms with van der Waals surface area (Å²) in [5.41, 5.74) is 3.71. The molecule has 5 heteroatoms. The predicted molar refractivity (Wildman–Crippen MR) is 85.4 cm³/mol. The summed E-state index contributed by atoms with van der Waals surface area (Å²) in [6.07, 6.45) is 1.68. The Morgan fingerprint density at radius 3 is 2.36 bits per heavy atom. The lowest BCUT2D eigenvalue weighted by Crippen LogP contribution is -2.17. The number of ether oxygens (including phenoxy) is 1. The van der Waals surface area contributed by atoms with Gasteiger partial charge in [-0.05, 0) is 67.9 Å². The van der Waals surface area contributed by atoms with Gasteiger partial charge in [-0.2, -0.15) is 5.10 Å². The largest absolute Gasteiger partial charge is 0.508 e. The highest BCUT2D eigenvalue weighted by Gasteiger charge is 2.03. The van der Waals surface area contributed by atoms with Gasteiger partial charge in [0, 0.05) is 5.56 Å². The van der Waals surface area contributed by atoms with E-state index in [9.17, 15) is 4.79 Å². The second-order valence-corrected chi connectivity index (χ2v) is 4.98. The molecule has 0 aliphatic rings. The minimum atomic E-state index is -0.337. The third-order valence-corrected chi connectivity index (χ3v) is 2.76. The lowest BCUT2D eigenvalue weighted by atomic mass is 10.2. The molecule has 5 nitrogen and oxygen atoms in total. The van der Waals surface area contributed by atoms with Crippen LogP contribution in [0.15, 0.2) is 53.6 Å². The molecule has 0 bridgehead atoms. The molecule has 0 aromatic heterocycles. The van der Waals surface area contributed by atoms with Crippen molar-refractivity contribution in [1.82, 2.24) is 5.43 Å². The number of carbonyl (C=O) groups excluding carboxylic acids is 1. The zero-order chi connectivity index (χ0) is 15.9. The van der Waals surface area contributed by atoms with Gasteiger partial charge < -0.3 is 9.84 Å². The topological polar surface area (TPSA) is 70.9 Å². The summed E-state index contributed by atoms with van der Waals surface area (Å²) in [6.45, 7) is 3.93. The number of phenols is 1. The predicted octanol–water partition coefficient (Wildman–Crippen LogP) is 2.94. The van der Waals surface area contributed by atoms with E-state index in [0.29, 0.717) is 5.56 Å². The maximum absolute atomic E-state index is 11.8.